The van der Waals surface area contributed by atoms with Crippen molar-refractivity contribution in [2.24, 2.45) is 5.92 Å². The predicted molar refractivity (Wildman–Crippen MR) is 81.3 cm³/mol. The maximum absolute atomic E-state index is 12.1. The lowest BCUT2D eigenvalue weighted by molar-refractivity contribution is 0.578. The first kappa shape index (κ1) is 15.3. The van der Waals surface area contributed by atoms with E-state index in [0.29, 0.717) is 29.4 Å². The topological polar surface area (TPSA) is 82.0 Å². The maximum Gasteiger partial charge on any atom is 0.233 e. The molecule has 1 aromatic rings. The summed E-state index contributed by atoms with van der Waals surface area (Å²) < 4.78 is 26.7. The number of thiophene rings is 1. The summed E-state index contributed by atoms with van der Waals surface area (Å²) in [6, 6.07) is 2.15. The lowest BCUT2D eigenvalue weighted by Gasteiger charge is -2.11. The summed E-state index contributed by atoms with van der Waals surface area (Å²) in [5, 5.41) is 13.0. The van der Waals surface area contributed by atoms with Crippen LogP contribution < -0.4 is 10.0 Å². The summed E-state index contributed by atoms with van der Waals surface area (Å²) in [6.07, 6.45) is 1.40. The van der Waals surface area contributed by atoms with E-state index in [2.05, 4.69) is 16.1 Å². The number of anilines is 1. The van der Waals surface area contributed by atoms with Crippen molar-refractivity contribution in [1.29, 1.82) is 5.26 Å². The van der Waals surface area contributed by atoms with E-state index in [-0.39, 0.29) is 5.75 Å². The lowest BCUT2D eigenvalue weighted by Crippen LogP contribution is -2.22. The Morgan fingerprint density at radius 3 is 2.90 bits per heavy atom. The van der Waals surface area contributed by atoms with Crippen LogP contribution in [-0.2, 0) is 23.0 Å². The number of sulfonamides is 1. The summed E-state index contributed by atoms with van der Waals surface area (Å²) in [4.78, 5) is 1.06. The standard InChI is InChI=1S/C13H19N3O2S2/c1-9(2)4-6-20(17,18)16-13-11(7-14)10-3-5-15-8-12(10)19-13/h9,15-16H,3-6,8H2,1-2H3. The number of nitriles is 1. The van der Waals surface area contributed by atoms with Gasteiger partial charge in [-0.2, -0.15) is 5.26 Å². The Bertz CT molecular complexity index is 627. The molecular formula is C13H19N3O2S2. The molecule has 2 N–H and O–H groups in total. The van der Waals surface area contributed by atoms with Crippen molar-refractivity contribution in [2.75, 3.05) is 17.0 Å². The first-order valence-corrected chi connectivity index (χ1v) is 9.15. The van der Waals surface area contributed by atoms with E-state index in [1.54, 1.807) is 0 Å². The van der Waals surface area contributed by atoms with Gasteiger partial charge in [0.15, 0.2) is 0 Å². The summed E-state index contributed by atoms with van der Waals surface area (Å²) in [5.41, 5.74) is 1.50. The third-order valence-corrected chi connectivity index (χ3v) is 5.82. The van der Waals surface area contributed by atoms with Gasteiger partial charge in [0.05, 0.1) is 11.3 Å². The van der Waals surface area contributed by atoms with Gasteiger partial charge in [0.1, 0.15) is 11.1 Å². The van der Waals surface area contributed by atoms with Crippen LogP contribution in [0.2, 0.25) is 0 Å². The van der Waals surface area contributed by atoms with Crippen LogP contribution in [-0.4, -0.2) is 20.7 Å². The van der Waals surface area contributed by atoms with Gasteiger partial charge in [0.25, 0.3) is 0 Å². The number of hydrogen-bond donors (Lipinski definition) is 2. The van der Waals surface area contributed by atoms with Crippen LogP contribution in [0.4, 0.5) is 5.00 Å². The molecule has 2 heterocycles. The third-order valence-electron chi connectivity index (χ3n) is 3.25. The van der Waals surface area contributed by atoms with E-state index in [1.165, 1.54) is 11.3 Å². The van der Waals surface area contributed by atoms with Crippen LogP contribution in [0.15, 0.2) is 0 Å². The summed E-state index contributed by atoms with van der Waals surface area (Å²) in [5.74, 6) is 0.429. The second kappa shape index (κ2) is 6.12. The molecule has 20 heavy (non-hydrogen) atoms. The monoisotopic (exact) mass is 313 g/mol. The normalized spacial score (nSPS) is 14.9. The number of nitrogens with one attached hydrogen (secondary N) is 2. The zero-order valence-electron chi connectivity index (χ0n) is 11.7. The van der Waals surface area contributed by atoms with Gasteiger partial charge < -0.3 is 5.32 Å². The highest BCUT2D eigenvalue weighted by atomic mass is 32.2. The fourth-order valence-electron chi connectivity index (χ4n) is 2.11. The first-order valence-electron chi connectivity index (χ1n) is 6.69. The Morgan fingerprint density at radius 1 is 1.50 bits per heavy atom. The molecule has 0 saturated carbocycles. The van der Waals surface area contributed by atoms with Gasteiger partial charge in [0, 0.05) is 11.4 Å². The van der Waals surface area contributed by atoms with Crippen molar-refractivity contribution in [3.63, 3.8) is 0 Å². The predicted octanol–water partition coefficient (Wildman–Crippen LogP) is 2.05. The van der Waals surface area contributed by atoms with Crippen molar-refractivity contribution in [3.05, 3.63) is 16.0 Å². The minimum Gasteiger partial charge on any atom is -0.312 e. The molecule has 0 bridgehead atoms. The van der Waals surface area contributed by atoms with Crippen LogP contribution in [0.1, 0.15) is 36.3 Å². The molecule has 0 radical (unpaired) electrons. The Balaban J connectivity index is 2.21. The highest BCUT2D eigenvalue weighted by molar-refractivity contribution is 7.92. The van der Waals surface area contributed by atoms with E-state index in [1.807, 2.05) is 13.8 Å². The smallest absolute Gasteiger partial charge is 0.233 e. The molecule has 110 valence electrons. The van der Waals surface area contributed by atoms with Crippen LogP contribution in [0.5, 0.6) is 0 Å². The zero-order chi connectivity index (χ0) is 14.8. The van der Waals surface area contributed by atoms with Gasteiger partial charge in [-0.15, -0.1) is 11.3 Å². The van der Waals surface area contributed by atoms with E-state index in [9.17, 15) is 13.7 Å². The molecule has 0 atom stereocenters. The molecule has 0 spiro atoms. The molecule has 0 unspecified atom stereocenters. The largest absolute Gasteiger partial charge is 0.312 e. The molecule has 1 aromatic heterocycles. The van der Waals surface area contributed by atoms with Gasteiger partial charge in [-0.05, 0) is 30.9 Å². The summed E-state index contributed by atoms with van der Waals surface area (Å²) in [6.45, 7) is 5.53. The molecule has 1 aliphatic heterocycles. The Hall–Kier alpha value is -1.10. The maximum atomic E-state index is 12.1. The molecule has 0 aromatic carbocycles. The van der Waals surface area contributed by atoms with Crippen LogP contribution >= 0.6 is 11.3 Å². The molecule has 0 saturated heterocycles. The fourth-order valence-corrected chi connectivity index (χ4v) is 4.94. The minimum absolute atomic E-state index is 0.0936. The lowest BCUT2D eigenvalue weighted by atomic mass is 10.1. The zero-order valence-corrected chi connectivity index (χ0v) is 13.3. The van der Waals surface area contributed by atoms with Gasteiger partial charge in [-0.25, -0.2) is 8.42 Å². The average Bonchev–Trinajstić information content (AvgIpc) is 2.72. The van der Waals surface area contributed by atoms with Crippen molar-refractivity contribution in [1.82, 2.24) is 5.32 Å². The summed E-state index contributed by atoms with van der Waals surface area (Å²) in [7, 11) is -3.37. The van der Waals surface area contributed by atoms with Crippen molar-refractivity contribution >= 4 is 26.4 Å². The molecule has 0 aliphatic carbocycles. The first-order chi connectivity index (χ1) is 9.43. The Morgan fingerprint density at radius 2 is 2.25 bits per heavy atom. The van der Waals surface area contributed by atoms with Gasteiger partial charge in [-0.1, -0.05) is 13.8 Å². The van der Waals surface area contributed by atoms with Crippen molar-refractivity contribution in [2.45, 2.75) is 33.2 Å². The van der Waals surface area contributed by atoms with E-state index in [4.69, 9.17) is 0 Å². The quantitative estimate of drug-likeness (QED) is 0.871. The van der Waals surface area contributed by atoms with Gasteiger partial charge in [-0.3, -0.25) is 4.72 Å². The van der Waals surface area contributed by atoms with E-state index in [0.717, 1.165) is 23.4 Å². The number of hydrogen-bond acceptors (Lipinski definition) is 5. The highest BCUT2D eigenvalue weighted by Crippen LogP contribution is 2.35. The molecular weight excluding hydrogens is 294 g/mol. The highest BCUT2D eigenvalue weighted by Gasteiger charge is 2.23. The fraction of sp³-hybridized carbons (Fsp3) is 0.615. The number of nitrogens with zero attached hydrogens (tertiary/aromatic N) is 1. The third kappa shape index (κ3) is 3.51. The molecule has 7 heteroatoms. The van der Waals surface area contributed by atoms with Crippen molar-refractivity contribution in [3.8, 4) is 6.07 Å². The Kier molecular flexibility index (Phi) is 4.68. The Labute approximate surface area is 124 Å². The number of fused-ring (bicyclic) bond motifs is 1. The molecule has 0 fully saturated rings. The van der Waals surface area contributed by atoms with Gasteiger partial charge in [0.2, 0.25) is 10.0 Å². The SMILES string of the molecule is CC(C)CCS(=O)(=O)Nc1sc2c(c1C#N)CCNC2. The average molecular weight is 313 g/mol. The molecule has 1 aliphatic rings. The van der Waals surface area contributed by atoms with Crippen molar-refractivity contribution < 1.29 is 8.42 Å². The van der Waals surface area contributed by atoms with Crippen LogP contribution in [0, 0.1) is 17.2 Å². The second-order valence-corrected chi connectivity index (χ2v) is 8.30. The molecule has 2 rings (SSSR count). The van der Waals surface area contributed by atoms with Gasteiger partial charge >= 0.3 is 0 Å². The van der Waals surface area contributed by atoms with Crippen LogP contribution in [0.25, 0.3) is 0 Å². The minimum atomic E-state index is -3.37. The number of rotatable bonds is 5. The van der Waals surface area contributed by atoms with E-state index < -0.39 is 10.0 Å². The van der Waals surface area contributed by atoms with E-state index >= 15 is 0 Å². The second-order valence-electron chi connectivity index (χ2n) is 5.35. The van der Waals surface area contributed by atoms with Crippen LogP contribution in [0.3, 0.4) is 0 Å². The molecule has 5 nitrogen and oxygen atoms in total. The molecule has 0 amide bonds. The summed E-state index contributed by atoms with van der Waals surface area (Å²) >= 11 is 1.37.